The zero-order valence-electron chi connectivity index (χ0n) is 9.61. The summed E-state index contributed by atoms with van der Waals surface area (Å²) in [4.78, 5) is 22.9. The highest BCUT2D eigenvalue weighted by Crippen LogP contribution is 2.40. The summed E-state index contributed by atoms with van der Waals surface area (Å²) in [6.07, 6.45) is -0.237. The van der Waals surface area contributed by atoms with Crippen LogP contribution in [0.1, 0.15) is 18.9 Å². The minimum atomic E-state index is -1.78. The molecule has 5 nitrogen and oxygen atoms in total. The summed E-state index contributed by atoms with van der Waals surface area (Å²) in [5, 5.41) is 12.9. The number of ether oxygens (including phenoxy) is 1. The van der Waals surface area contributed by atoms with Crippen molar-refractivity contribution in [3.05, 3.63) is 23.8 Å². The number of methoxy groups -OCH3 is 1. The monoisotopic (exact) mass is 235 g/mol. The minimum Gasteiger partial charge on any atom is -0.497 e. The van der Waals surface area contributed by atoms with Gasteiger partial charge in [-0.2, -0.15) is 0 Å². The predicted octanol–water partition coefficient (Wildman–Crippen LogP) is 0.814. The first-order valence-electron chi connectivity index (χ1n) is 5.19. The second-order valence-corrected chi connectivity index (χ2v) is 4.10. The predicted molar refractivity (Wildman–Crippen MR) is 60.8 cm³/mol. The summed E-state index contributed by atoms with van der Waals surface area (Å²) in [6, 6.07) is 4.89. The number of aliphatic hydroxyl groups is 1. The molecule has 0 spiro atoms. The normalized spacial score (nSPS) is 21.9. The summed E-state index contributed by atoms with van der Waals surface area (Å²) >= 11 is 0. The second kappa shape index (κ2) is 3.85. The van der Waals surface area contributed by atoms with Gasteiger partial charge in [0.25, 0.3) is 5.91 Å². The van der Waals surface area contributed by atoms with Crippen LogP contribution in [0.5, 0.6) is 5.75 Å². The molecular weight excluding hydrogens is 222 g/mol. The highest BCUT2D eigenvalue weighted by atomic mass is 16.5. The smallest absolute Gasteiger partial charge is 0.261 e. The van der Waals surface area contributed by atoms with E-state index in [1.807, 2.05) is 0 Å². The lowest BCUT2D eigenvalue weighted by Gasteiger charge is -2.19. The van der Waals surface area contributed by atoms with Gasteiger partial charge in [0.05, 0.1) is 7.11 Å². The highest BCUT2D eigenvalue weighted by Gasteiger charge is 2.46. The van der Waals surface area contributed by atoms with E-state index in [0.717, 1.165) is 0 Å². The fraction of sp³-hybridized carbons (Fsp3) is 0.333. The summed E-state index contributed by atoms with van der Waals surface area (Å²) in [7, 11) is 1.50. The molecule has 0 aromatic heterocycles. The molecule has 1 aliphatic heterocycles. The summed E-state index contributed by atoms with van der Waals surface area (Å²) in [5.41, 5.74) is -0.882. The number of rotatable bonds is 3. The van der Waals surface area contributed by atoms with Crippen LogP contribution in [0, 0.1) is 0 Å². The Labute approximate surface area is 98.4 Å². The van der Waals surface area contributed by atoms with Crippen molar-refractivity contribution in [1.29, 1.82) is 0 Å². The lowest BCUT2D eigenvalue weighted by Crippen LogP contribution is -2.36. The first-order valence-corrected chi connectivity index (χ1v) is 5.19. The molecule has 1 atom stereocenters. The third kappa shape index (κ3) is 1.78. The van der Waals surface area contributed by atoms with Crippen LogP contribution in [-0.4, -0.2) is 23.9 Å². The molecule has 0 bridgehead atoms. The zero-order valence-corrected chi connectivity index (χ0v) is 9.61. The minimum absolute atomic E-state index is 0.237. The van der Waals surface area contributed by atoms with Crippen molar-refractivity contribution in [2.45, 2.75) is 18.9 Å². The third-order valence-electron chi connectivity index (χ3n) is 2.80. The van der Waals surface area contributed by atoms with Crippen molar-refractivity contribution < 1.29 is 19.4 Å². The number of hydrogen-bond donors (Lipinski definition) is 2. The number of Topliss-reactive ketones (excluding diaryl/α,β-unsaturated/α-hetero) is 1. The van der Waals surface area contributed by atoms with Crippen LogP contribution in [0.2, 0.25) is 0 Å². The molecule has 1 heterocycles. The highest BCUT2D eigenvalue weighted by molar-refractivity contribution is 6.07. The molecule has 0 unspecified atom stereocenters. The Morgan fingerprint density at radius 2 is 2.24 bits per heavy atom. The molecular formula is C12H13NO4. The van der Waals surface area contributed by atoms with Crippen LogP contribution >= 0.6 is 0 Å². The fourth-order valence-corrected chi connectivity index (χ4v) is 1.99. The molecule has 1 aromatic rings. The van der Waals surface area contributed by atoms with Gasteiger partial charge >= 0.3 is 0 Å². The molecule has 2 N–H and O–H groups in total. The van der Waals surface area contributed by atoms with E-state index in [1.54, 1.807) is 18.2 Å². The largest absolute Gasteiger partial charge is 0.497 e. The van der Waals surface area contributed by atoms with E-state index >= 15 is 0 Å². The molecule has 0 saturated carbocycles. The number of amides is 1. The summed E-state index contributed by atoms with van der Waals surface area (Å²) in [5.74, 6) is -0.295. The SMILES string of the molecule is COc1ccc2c(c1)[C@](O)(CC(C)=O)C(=O)N2. The molecule has 2 rings (SSSR count). The van der Waals surface area contributed by atoms with Gasteiger partial charge in [0.15, 0.2) is 5.60 Å². The van der Waals surface area contributed by atoms with Crippen molar-refractivity contribution in [2.24, 2.45) is 0 Å². The van der Waals surface area contributed by atoms with E-state index in [9.17, 15) is 14.7 Å². The number of nitrogens with one attached hydrogen (secondary N) is 1. The molecule has 1 aliphatic rings. The van der Waals surface area contributed by atoms with Gasteiger partial charge in [0, 0.05) is 17.7 Å². The standard InChI is InChI=1S/C12H13NO4/c1-7(14)6-12(16)9-5-8(17-2)3-4-10(9)13-11(12)15/h3-5,16H,6H2,1-2H3,(H,13,15)/t12-/m1/s1. The number of hydrogen-bond acceptors (Lipinski definition) is 4. The number of fused-ring (bicyclic) bond motifs is 1. The molecule has 5 heteroatoms. The molecule has 90 valence electrons. The lowest BCUT2D eigenvalue weighted by atomic mass is 9.90. The van der Waals surface area contributed by atoms with Gasteiger partial charge in [-0.3, -0.25) is 9.59 Å². The maximum atomic E-state index is 11.7. The second-order valence-electron chi connectivity index (χ2n) is 4.10. The number of carbonyl (C=O) groups is 2. The van der Waals surface area contributed by atoms with Gasteiger partial charge in [0.2, 0.25) is 0 Å². The Balaban J connectivity index is 2.51. The van der Waals surface area contributed by atoms with E-state index in [4.69, 9.17) is 4.74 Å². The van der Waals surface area contributed by atoms with E-state index < -0.39 is 11.5 Å². The van der Waals surface area contributed by atoms with Gasteiger partial charge in [-0.15, -0.1) is 0 Å². The Morgan fingerprint density at radius 3 is 2.82 bits per heavy atom. The van der Waals surface area contributed by atoms with Gasteiger partial charge in [0.1, 0.15) is 11.5 Å². The quantitative estimate of drug-likeness (QED) is 0.813. The van der Waals surface area contributed by atoms with Crippen molar-refractivity contribution in [3.63, 3.8) is 0 Å². The van der Waals surface area contributed by atoms with Gasteiger partial charge in [-0.1, -0.05) is 0 Å². The summed E-state index contributed by atoms with van der Waals surface area (Å²) < 4.78 is 5.04. The van der Waals surface area contributed by atoms with Crippen molar-refractivity contribution >= 4 is 17.4 Å². The van der Waals surface area contributed by atoms with Crippen molar-refractivity contribution in [2.75, 3.05) is 12.4 Å². The maximum Gasteiger partial charge on any atom is 0.261 e. The number of benzene rings is 1. The average Bonchev–Trinajstić information content (AvgIpc) is 2.50. The van der Waals surface area contributed by atoms with Crippen LogP contribution in [0.15, 0.2) is 18.2 Å². The molecule has 0 saturated heterocycles. The fourth-order valence-electron chi connectivity index (χ4n) is 1.99. The number of ketones is 1. The zero-order chi connectivity index (χ0) is 12.6. The molecule has 0 radical (unpaired) electrons. The maximum absolute atomic E-state index is 11.7. The van der Waals surface area contributed by atoms with Gasteiger partial charge in [-0.05, 0) is 25.1 Å². The molecule has 0 aliphatic carbocycles. The van der Waals surface area contributed by atoms with E-state index in [-0.39, 0.29) is 12.2 Å². The Kier molecular flexibility index (Phi) is 2.63. The Hall–Kier alpha value is -1.88. The molecule has 1 amide bonds. The first kappa shape index (κ1) is 11.6. The Morgan fingerprint density at radius 1 is 1.53 bits per heavy atom. The van der Waals surface area contributed by atoms with Crippen LogP contribution < -0.4 is 10.1 Å². The van der Waals surface area contributed by atoms with E-state index in [1.165, 1.54) is 14.0 Å². The topological polar surface area (TPSA) is 75.6 Å². The average molecular weight is 235 g/mol. The van der Waals surface area contributed by atoms with Crippen molar-refractivity contribution in [1.82, 2.24) is 0 Å². The van der Waals surface area contributed by atoms with Crippen LogP contribution in [0.4, 0.5) is 5.69 Å². The Bertz CT molecular complexity index is 497. The van der Waals surface area contributed by atoms with Crippen LogP contribution in [0.25, 0.3) is 0 Å². The van der Waals surface area contributed by atoms with Crippen molar-refractivity contribution in [3.8, 4) is 5.75 Å². The third-order valence-corrected chi connectivity index (χ3v) is 2.80. The first-order chi connectivity index (χ1) is 7.97. The number of anilines is 1. The molecule has 17 heavy (non-hydrogen) atoms. The number of carbonyl (C=O) groups excluding carboxylic acids is 2. The van der Waals surface area contributed by atoms with Crippen LogP contribution in [0.3, 0.4) is 0 Å². The van der Waals surface area contributed by atoms with Gasteiger partial charge in [-0.25, -0.2) is 0 Å². The van der Waals surface area contributed by atoms with Crippen LogP contribution in [-0.2, 0) is 15.2 Å². The molecule has 1 aromatic carbocycles. The lowest BCUT2D eigenvalue weighted by molar-refractivity contribution is -0.139. The van der Waals surface area contributed by atoms with E-state index in [0.29, 0.717) is 17.0 Å². The summed E-state index contributed by atoms with van der Waals surface area (Å²) in [6.45, 7) is 1.34. The van der Waals surface area contributed by atoms with E-state index in [2.05, 4.69) is 5.32 Å². The van der Waals surface area contributed by atoms with Gasteiger partial charge < -0.3 is 15.2 Å². The molecule has 0 fully saturated rings.